The molecule has 0 heterocycles. The maximum Gasteiger partial charge on any atom is 0.262 e. The number of carbonyl (C=O) groups excluding carboxylic acids is 1. The van der Waals surface area contributed by atoms with E-state index in [4.69, 9.17) is 9.47 Å². The topological polar surface area (TPSA) is 71.3 Å². The van der Waals surface area contributed by atoms with Gasteiger partial charge in [-0.1, -0.05) is 54.1 Å². The maximum absolute atomic E-state index is 12.3. The summed E-state index contributed by atoms with van der Waals surface area (Å²) in [6.07, 6.45) is 1.80. The van der Waals surface area contributed by atoms with Gasteiger partial charge >= 0.3 is 0 Å². The van der Waals surface area contributed by atoms with Crippen LogP contribution in [0.4, 0.5) is 5.69 Å². The number of rotatable bonds is 7. The molecule has 174 valence electrons. The van der Waals surface area contributed by atoms with Crippen LogP contribution in [-0.4, -0.2) is 19.6 Å². The summed E-state index contributed by atoms with van der Waals surface area (Å²) in [5.74, 6) is 0.576. The zero-order valence-corrected chi connectivity index (χ0v) is 20.9. The minimum atomic E-state index is -0.283. The summed E-state index contributed by atoms with van der Waals surface area (Å²) in [7, 11) is 1.53. The molecule has 0 saturated heterocycles. The van der Waals surface area contributed by atoms with Crippen molar-refractivity contribution in [3.05, 3.63) is 100 Å². The molecule has 0 aliphatic heterocycles. The number of nitrogens with zero attached hydrogens (tertiary/aromatic N) is 1. The summed E-state index contributed by atoms with van der Waals surface area (Å²) >= 11 is 3.52. The molecule has 0 atom stereocenters. The van der Waals surface area contributed by atoms with Crippen molar-refractivity contribution in [2.24, 2.45) is 0 Å². The Morgan fingerprint density at radius 3 is 2.49 bits per heavy atom. The number of methoxy groups -OCH3 is 1. The summed E-state index contributed by atoms with van der Waals surface area (Å²) < 4.78 is 11.9. The van der Waals surface area contributed by atoms with Gasteiger partial charge < -0.3 is 14.8 Å². The minimum Gasteiger partial charge on any atom is -0.493 e. The summed E-state index contributed by atoms with van der Waals surface area (Å²) in [6, 6.07) is 27.4. The van der Waals surface area contributed by atoms with Crippen molar-refractivity contribution in [3.63, 3.8) is 0 Å². The first-order chi connectivity index (χ1) is 17.0. The van der Waals surface area contributed by atoms with Crippen LogP contribution in [0.5, 0.6) is 11.5 Å². The fourth-order valence-corrected chi connectivity index (χ4v) is 4.21. The van der Waals surface area contributed by atoms with E-state index in [-0.39, 0.29) is 12.5 Å². The molecule has 1 N–H and O–H groups in total. The Morgan fingerprint density at radius 1 is 1.03 bits per heavy atom. The third-order valence-corrected chi connectivity index (χ3v) is 6.02. The molecule has 1 amide bonds. The van der Waals surface area contributed by atoms with Crippen LogP contribution in [0, 0.1) is 18.3 Å². The fraction of sp³-hybridized carbons (Fsp3) is 0.103. The number of amides is 1. The zero-order chi connectivity index (χ0) is 24.8. The van der Waals surface area contributed by atoms with Crippen LogP contribution in [0.1, 0.15) is 16.7 Å². The number of halogens is 1. The van der Waals surface area contributed by atoms with Crippen molar-refractivity contribution in [1.29, 1.82) is 5.26 Å². The van der Waals surface area contributed by atoms with Crippen molar-refractivity contribution < 1.29 is 14.3 Å². The fourth-order valence-electron chi connectivity index (χ4n) is 3.64. The second-order valence-electron chi connectivity index (χ2n) is 7.97. The Labute approximate surface area is 212 Å². The van der Waals surface area contributed by atoms with E-state index in [0.717, 1.165) is 27.5 Å². The molecular formula is C29H23BrN2O3. The Bertz CT molecular complexity index is 1450. The second-order valence-corrected chi connectivity index (χ2v) is 8.82. The SMILES string of the molecule is COc1cc(/C=C(/C#N)c2ccc3ccccc3c2)cc(Br)c1OCC(=O)Nc1ccc(C)cc1. The first kappa shape index (κ1) is 24.1. The number of fused-ring (bicyclic) bond motifs is 1. The largest absolute Gasteiger partial charge is 0.493 e. The lowest BCUT2D eigenvalue weighted by Crippen LogP contribution is -2.20. The van der Waals surface area contributed by atoms with E-state index >= 15 is 0 Å². The average molecular weight is 527 g/mol. The van der Waals surface area contributed by atoms with Gasteiger partial charge in [-0.3, -0.25) is 4.79 Å². The Kier molecular flexibility index (Phi) is 7.49. The molecule has 0 aromatic heterocycles. The van der Waals surface area contributed by atoms with Crippen molar-refractivity contribution in [2.45, 2.75) is 6.92 Å². The van der Waals surface area contributed by atoms with Gasteiger partial charge in [-0.05, 0) is 81.2 Å². The molecule has 35 heavy (non-hydrogen) atoms. The average Bonchev–Trinajstić information content (AvgIpc) is 2.87. The highest BCUT2D eigenvalue weighted by molar-refractivity contribution is 9.10. The summed E-state index contributed by atoms with van der Waals surface area (Å²) in [5.41, 5.74) is 3.93. The Balaban J connectivity index is 1.54. The monoisotopic (exact) mass is 526 g/mol. The van der Waals surface area contributed by atoms with Crippen LogP contribution >= 0.6 is 15.9 Å². The van der Waals surface area contributed by atoms with Crippen LogP contribution in [0.25, 0.3) is 22.4 Å². The number of hydrogen-bond donors (Lipinski definition) is 1. The quantitative estimate of drug-likeness (QED) is 0.208. The third-order valence-electron chi connectivity index (χ3n) is 5.43. The van der Waals surface area contributed by atoms with Crippen LogP contribution in [0.2, 0.25) is 0 Å². The van der Waals surface area contributed by atoms with Crippen molar-refractivity contribution in [3.8, 4) is 17.6 Å². The highest BCUT2D eigenvalue weighted by atomic mass is 79.9. The summed E-state index contributed by atoms with van der Waals surface area (Å²) in [6.45, 7) is 1.80. The number of benzene rings is 4. The minimum absolute atomic E-state index is 0.182. The molecule has 6 heteroatoms. The van der Waals surface area contributed by atoms with Crippen molar-refractivity contribution in [2.75, 3.05) is 19.0 Å². The second kappa shape index (κ2) is 10.9. The van der Waals surface area contributed by atoms with E-state index in [9.17, 15) is 10.1 Å². The molecule has 0 bridgehead atoms. The lowest BCUT2D eigenvalue weighted by molar-refractivity contribution is -0.118. The number of ether oxygens (including phenoxy) is 2. The molecule has 0 unspecified atom stereocenters. The van der Waals surface area contributed by atoms with Gasteiger partial charge in [0, 0.05) is 5.69 Å². The van der Waals surface area contributed by atoms with E-state index in [1.165, 1.54) is 7.11 Å². The predicted molar refractivity (Wildman–Crippen MR) is 143 cm³/mol. The molecule has 0 aliphatic rings. The highest BCUT2D eigenvalue weighted by Gasteiger charge is 2.14. The number of nitriles is 1. The molecule has 5 nitrogen and oxygen atoms in total. The number of aryl methyl sites for hydroxylation is 1. The first-order valence-electron chi connectivity index (χ1n) is 10.9. The number of anilines is 1. The molecule has 0 fully saturated rings. The van der Waals surface area contributed by atoms with Crippen LogP contribution in [0.3, 0.4) is 0 Å². The van der Waals surface area contributed by atoms with Gasteiger partial charge in [0.05, 0.1) is 23.2 Å². The number of hydrogen-bond acceptors (Lipinski definition) is 4. The van der Waals surface area contributed by atoms with Crippen LogP contribution < -0.4 is 14.8 Å². The number of nitrogens with one attached hydrogen (secondary N) is 1. The molecule has 0 saturated carbocycles. The number of carbonyl (C=O) groups is 1. The molecule has 4 aromatic rings. The Morgan fingerprint density at radius 2 is 1.77 bits per heavy atom. The smallest absolute Gasteiger partial charge is 0.262 e. The van der Waals surface area contributed by atoms with Crippen LogP contribution in [-0.2, 0) is 4.79 Å². The molecule has 4 rings (SSSR count). The van der Waals surface area contributed by atoms with Gasteiger partial charge in [0.15, 0.2) is 18.1 Å². The van der Waals surface area contributed by atoms with Gasteiger partial charge in [-0.25, -0.2) is 0 Å². The summed E-state index contributed by atoms with van der Waals surface area (Å²) in [5, 5.41) is 14.8. The van der Waals surface area contributed by atoms with E-state index in [0.29, 0.717) is 27.2 Å². The van der Waals surface area contributed by atoms with E-state index in [2.05, 4.69) is 27.3 Å². The van der Waals surface area contributed by atoms with E-state index in [1.54, 1.807) is 12.1 Å². The third kappa shape index (κ3) is 5.89. The van der Waals surface area contributed by atoms with Crippen molar-refractivity contribution in [1.82, 2.24) is 0 Å². The van der Waals surface area contributed by atoms with E-state index in [1.807, 2.05) is 79.7 Å². The predicted octanol–water partition coefficient (Wildman–Crippen LogP) is 7.00. The normalized spacial score (nSPS) is 11.1. The Hall–Kier alpha value is -4.08. The molecule has 4 aromatic carbocycles. The summed E-state index contributed by atoms with van der Waals surface area (Å²) in [4.78, 5) is 12.3. The lowest BCUT2D eigenvalue weighted by Gasteiger charge is -2.14. The molecule has 0 spiro atoms. The number of allylic oxidation sites excluding steroid dienone is 1. The van der Waals surface area contributed by atoms with Crippen molar-refractivity contribution >= 4 is 49.9 Å². The molecule has 0 aliphatic carbocycles. The first-order valence-corrected chi connectivity index (χ1v) is 11.7. The van der Waals surface area contributed by atoms with Gasteiger partial charge in [-0.2, -0.15) is 5.26 Å². The lowest BCUT2D eigenvalue weighted by atomic mass is 10.00. The molecular weight excluding hydrogens is 504 g/mol. The standard InChI is InChI=1S/C29H23BrN2O3/c1-19-7-11-25(12-8-19)32-28(33)18-35-29-26(30)14-20(15-27(29)34-2)13-24(17-31)23-10-9-21-5-3-4-6-22(21)16-23/h3-16H,18H2,1-2H3,(H,32,33)/b24-13-. The van der Waals surface area contributed by atoms with Crippen LogP contribution in [0.15, 0.2) is 83.3 Å². The highest BCUT2D eigenvalue weighted by Crippen LogP contribution is 2.38. The molecule has 0 radical (unpaired) electrons. The van der Waals surface area contributed by atoms with Gasteiger partial charge in [0.1, 0.15) is 0 Å². The van der Waals surface area contributed by atoms with Gasteiger partial charge in [0.2, 0.25) is 0 Å². The van der Waals surface area contributed by atoms with E-state index < -0.39 is 0 Å². The van der Waals surface area contributed by atoms with Gasteiger partial charge in [-0.15, -0.1) is 0 Å². The maximum atomic E-state index is 12.3. The zero-order valence-electron chi connectivity index (χ0n) is 19.3. The van der Waals surface area contributed by atoms with Gasteiger partial charge in [0.25, 0.3) is 5.91 Å².